The van der Waals surface area contributed by atoms with Gasteiger partial charge in [-0.1, -0.05) is 25.3 Å². The normalized spacial score (nSPS) is 18.2. The molecule has 1 saturated heterocycles. The lowest BCUT2D eigenvalue weighted by molar-refractivity contribution is 0.100. The van der Waals surface area contributed by atoms with E-state index in [1.165, 1.54) is 32.1 Å². The molecule has 0 spiro atoms. The Balaban J connectivity index is 1.61. The van der Waals surface area contributed by atoms with Crippen LogP contribution in [0.25, 0.3) is 0 Å². The third-order valence-corrected chi connectivity index (χ3v) is 6.51. The number of benzene rings is 1. The number of carbonyl (C=O) groups is 1. The number of rotatable bonds is 7. The van der Waals surface area contributed by atoms with E-state index in [4.69, 9.17) is 15.7 Å². The summed E-state index contributed by atoms with van der Waals surface area (Å²) in [5.41, 5.74) is 7.64. The number of hydrogen-bond acceptors (Lipinski definition) is 8. The van der Waals surface area contributed by atoms with Crippen LogP contribution >= 0.6 is 0 Å². The molecule has 1 aromatic carbocycles. The molecule has 9 nitrogen and oxygen atoms in total. The molecule has 0 radical (unpaired) electrons. The van der Waals surface area contributed by atoms with Gasteiger partial charge < -0.3 is 26.6 Å². The number of nitrogens with one attached hydrogen (secondary N) is 3. The van der Waals surface area contributed by atoms with Gasteiger partial charge in [0.2, 0.25) is 23.8 Å². The summed E-state index contributed by atoms with van der Waals surface area (Å²) in [4.78, 5) is 27.9. The number of aryl methyl sites for hydroxylation is 1. The molecule has 1 atom stereocenters. The third kappa shape index (κ3) is 5.45. The average molecular weight is 439 g/mol. The highest BCUT2D eigenvalue weighted by Crippen LogP contribution is 2.28. The number of piperazine rings is 1. The number of carbonyl (C=O) groups excluding carboxylic acids is 1. The van der Waals surface area contributed by atoms with Gasteiger partial charge in [-0.05, 0) is 50.3 Å². The van der Waals surface area contributed by atoms with E-state index in [1.807, 2.05) is 13.0 Å². The van der Waals surface area contributed by atoms with Crippen molar-refractivity contribution in [3.63, 3.8) is 0 Å². The molecule has 1 unspecified atom stereocenters. The quantitative estimate of drug-likeness (QED) is 0.521. The lowest BCUT2D eigenvalue weighted by Gasteiger charge is -2.30. The second-order valence-corrected chi connectivity index (χ2v) is 8.87. The molecule has 0 bridgehead atoms. The summed E-state index contributed by atoms with van der Waals surface area (Å²) in [5.74, 6) is 1.86. The minimum atomic E-state index is -0.464. The molecule has 172 valence electrons. The first-order valence-electron chi connectivity index (χ1n) is 11.7. The third-order valence-electron chi connectivity index (χ3n) is 6.51. The number of amides is 1. The van der Waals surface area contributed by atoms with Crippen LogP contribution in [-0.2, 0) is 0 Å². The molecule has 1 aromatic heterocycles. The van der Waals surface area contributed by atoms with Gasteiger partial charge in [-0.3, -0.25) is 4.79 Å². The van der Waals surface area contributed by atoms with E-state index in [0.29, 0.717) is 35.4 Å². The summed E-state index contributed by atoms with van der Waals surface area (Å²) < 4.78 is 0. The monoisotopic (exact) mass is 438 g/mol. The van der Waals surface area contributed by atoms with E-state index >= 15 is 0 Å². The molecule has 2 fully saturated rings. The predicted octanol–water partition coefficient (Wildman–Crippen LogP) is 2.81. The van der Waals surface area contributed by atoms with E-state index in [1.54, 1.807) is 12.1 Å². The topological polar surface area (TPSA) is 121 Å². The van der Waals surface area contributed by atoms with Crippen LogP contribution in [0.1, 0.15) is 54.9 Å². The zero-order valence-electron chi connectivity index (χ0n) is 19.0. The fourth-order valence-corrected chi connectivity index (χ4v) is 4.48. The van der Waals surface area contributed by atoms with Crippen molar-refractivity contribution in [3.05, 3.63) is 29.3 Å². The van der Waals surface area contributed by atoms with E-state index in [9.17, 15) is 4.79 Å². The number of hydrogen-bond donors (Lipinski definition) is 4. The van der Waals surface area contributed by atoms with Gasteiger partial charge in [0, 0.05) is 43.5 Å². The maximum absolute atomic E-state index is 11.6. The van der Waals surface area contributed by atoms with Crippen LogP contribution in [0.5, 0.6) is 0 Å². The van der Waals surface area contributed by atoms with Crippen LogP contribution in [0.3, 0.4) is 0 Å². The van der Waals surface area contributed by atoms with Gasteiger partial charge >= 0.3 is 0 Å². The molecular weight excluding hydrogens is 404 g/mol. The molecule has 2 aliphatic rings. The first-order valence-corrected chi connectivity index (χ1v) is 11.7. The first kappa shape index (κ1) is 22.3. The molecule has 2 aromatic rings. The molecule has 9 heteroatoms. The number of nitrogens with zero attached hydrogens (tertiary/aromatic N) is 4. The summed E-state index contributed by atoms with van der Waals surface area (Å²) >= 11 is 0. The van der Waals surface area contributed by atoms with Crippen molar-refractivity contribution >= 4 is 29.4 Å². The van der Waals surface area contributed by atoms with Crippen molar-refractivity contribution in [1.82, 2.24) is 20.3 Å². The fourth-order valence-electron chi connectivity index (χ4n) is 4.48. The Morgan fingerprint density at radius 1 is 1.12 bits per heavy atom. The van der Waals surface area contributed by atoms with E-state index in [-0.39, 0.29) is 0 Å². The van der Waals surface area contributed by atoms with Gasteiger partial charge in [-0.2, -0.15) is 15.0 Å². The molecular formula is C23H34N8O. The van der Waals surface area contributed by atoms with Crippen molar-refractivity contribution in [2.45, 2.75) is 52.0 Å². The Morgan fingerprint density at radius 2 is 1.84 bits per heavy atom. The maximum Gasteiger partial charge on any atom is 0.248 e. The predicted molar refractivity (Wildman–Crippen MR) is 128 cm³/mol. The van der Waals surface area contributed by atoms with Crippen LogP contribution in [0.15, 0.2) is 18.2 Å². The Bertz CT molecular complexity index is 938. The second-order valence-electron chi connectivity index (χ2n) is 8.87. The van der Waals surface area contributed by atoms with Gasteiger partial charge in [0.05, 0.1) is 0 Å². The SMILES string of the molecule is Cc1ccc(C(N)=O)cc1Nc1nc(NC(C)C2CCCCC2)nc(N2CCNCC2)n1. The summed E-state index contributed by atoms with van der Waals surface area (Å²) in [6.07, 6.45) is 6.41. The Hall–Kier alpha value is -2.94. The summed E-state index contributed by atoms with van der Waals surface area (Å²) in [5, 5.41) is 10.2. The molecule has 4 rings (SSSR count). The number of aromatic nitrogens is 3. The lowest BCUT2D eigenvalue weighted by atomic mass is 9.85. The Morgan fingerprint density at radius 3 is 2.56 bits per heavy atom. The number of anilines is 4. The summed E-state index contributed by atoms with van der Waals surface area (Å²) in [6.45, 7) is 7.67. The van der Waals surface area contributed by atoms with Crippen molar-refractivity contribution in [2.75, 3.05) is 41.7 Å². The largest absolute Gasteiger partial charge is 0.366 e. The molecule has 1 amide bonds. The second kappa shape index (κ2) is 10.1. The van der Waals surface area contributed by atoms with Crippen LogP contribution < -0.4 is 26.6 Å². The maximum atomic E-state index is 11.6. The van der Waals surface area contributed by atoms with Crippen LogP contribution in [-0.4, -0.2) is 53.1 Å². The highest BCUT2D eigenvalue weighted by atomic mass is 16.1. The van der Waals surface area contributed by atoms with Crippen LogP contribution in [0.4, 0.5) is 23.5 Å². The number of primary amides is 1. The molecule has 5 N–H and O–H groups in total. The van der Waals surface area contributed by atoms with Gasteiger partial charge in [-0.15, -0.1) is 0 Å². The lowest BCUT2D eigenvalue weighted by Crippen LogP contribution is -2.44. The van der Waals surface area contributed by atoms with E-state index < -0.39 is 5.91 Å². The first-order chi connectivity index (χ1) is 15.5. The van der Waals surface area contributed by atoms with Crippen molar-refractivity contribution < 1.29 is 4.79 Å². The van der Waals surface area contributed by atoms with Gasteiger partial charge in [0.1, 0.15) is 0 Å². The molecule has 2 heterocycles. The average Bonchev–Trinajstić information content (AvgIpc) is 2.81. The highest BCUT2D eigenvalue weighted by molar-refractivity contribution is 5.94. The number of nitrogens with two attached hydrogens (primary N) is 1. The van der Waals surface area contributed by atoms with Crippen molar-refractivity contribution in [3.8, 4) is 0 Å². The zero-order chi connectivity index (χ0) is 22.5. The highest BCUT2D eigenvalue weighted by Gasteiger charge is 2.22. The van der Waals surface area contributed by atoms with Crippen molar-refractivity contribution in [1.29, 1.82) is 0 Å². The minimum absolute atomic E-state index is 0.293. The Labute approximate surface area is 189 Å². The van der Waals surface area contributed by atoms with Gasteiger partial charge in [0.25, 0.3) is 0 Å². The van der Waals surface area contributed by atoms with Gasteiger partial charge in [0.15, 0.2) is 0 Å². The van der Waals surface area contributed by atoms with Gasteiger partial charge in [-0.25, -0.2) is 0 Å². The smallest absolute Gasteiger partial charge is 0.248 e. The summed E-state index contributed by atoms with van der Waals surface area (Å²) in [7, 11) is 0. The minimum Gasteiger partial charge on any atom is -0.366 e. The van der Waals surface area contributed by atoms with E-state index in [2.05, 4.69) is 32.8 Å². The zero-order valence-corrected chi connectivity index (χ0v) is 19.0. The van der Waals surface area contributed by atoms with E-state index in [0.717, 1.165) is 37.4 Å². The molecule has 1 saturated carbocycles. The van der Waals surface area contributed by atoms with Crippen LogP contribution in [0, 0.1) is 12.8 Å². The molecule has 1 aliphatic carbocycles. The molecule has 32 heavy (non-hydrogen) atoms. The fraction of sp³-hybridized carbons (Fsp3) is 0.565. The standard InChI is InChI=1S/C23H34N8O/c1-15-8-9-18(20(24)32)14-19(15)27-22-28-21(26-16(2)17-6-4-3-5-7-17)29-23(30-22)31-12-10-25-11-13-31/h8-9,14,16-17,25H,3-7,10-13H2,1-2H3,(H2,24,32)(H2,26,27,28,29,30). The summed E-state index contributed by atoms with van der Waals surface area (Å²) in [6, 6.07) is 5.62. The Kier molecular flexibility index (Phi) is 7.04. The van der Waals surface area contributed by atoms with Crippen molar-refractivity contribution in [2.24, 2.45) is 11.7 Å². The van der Waals surface area contributed by atoms with Crippen LogP contribution in [0.2, 0.25) is 0 Å². The molecule has 1 aliphatic heterocycles.